The number of nitrogen functional groups attached to an aromatic ring is 1. The highest BCUT2D eigenvalue weighted by Crippen LogP contribution is 2.48. The van der Waals surface area contributed by atoms with E-state index in [2.05, 4.69) is 0 Å². The second-order valence-corrected chi connectivity index (χ2v) is 7.51. The molecule has 18 heavy (non-hydrogen) atoms. The van der Waals surface area contributed by atoms with Gasteiger partial charge >= 0.3 is 0 Å². The van der Waals surface area contributed by atoms with Crippen LogP contribution in [0.4, 0.5) is 5.69 Å². The Balaban J connectivity index is 1.73. The van der Waals surface area contributed by atoms with E-state index in [1.54, 1.807) is 18.2 Å². The maximum Gasteiger partial charge on any atom is 0.0594 e. The van der Waals surface area contributed by atoms with Crippen molar-refractivity contribution in [3.05, 3.63) is 23.2 Å². The van der Waals surface area contributed by atoms with Gasteiger partial charge in [0.15, 0.2) is 0 Å². The fraction of sp³-hybridized carbons (Fsp3) is 0.571. The molecule has 1 aromatic carbocycles. The van der Waals surface area contributed by atoms with Gasteiger partial charge < -0.3 is 5.73 Å². The number of hydrogen-bond donors (Lipinski definition) is 1. The highest BCUT2D eigenvalue weighted by Gasteiger charge is 2.40. The monoisotopic (exact) mass is 283 g/mol. The van der Waals surface area contributed by atoms with E-state index >= 15 is 0 Å². The lowest BCUT2D eigenvalue weighted by Crippen LogP contribution is -2.18. The van der Waals surface area contributed by atoms with Crippen LogP contribution in [0.1, 0.15) is 25.7 Å². The van der Waals surface area contributed by atoms with Crippen molar-refractivity contribution in [1.29, 1.82) is 0 Å². The van der Waals surface area contributed by atoms with E-state index < -0.39 is 10.8 Å². The zero-order valence-electron chi connectivity index (χ0n) is 10.3. The van der Waals surface area contributed by atoms with E-state index in [1.165, 1.54) is 25.7 Å². The minimum Gasteiger partial charge on any atom is -0.399 e. The van der Waals surface area contributed by atoms with Crippen molar-refractivity contribution in [2.45, 2.75) is 30.6 Å². The van der Waals surface area contributed by atoms with Crippen molar-refractivity contribution in [2.24, 2.45) is 17.8 Å². The van der Waals surface area contributed by atoms with Gasteiger partial charge in [-0.1, -0.05) is 18.0 Å². The van der Waals surface area contributed by atoms with Crippen molar-refractivity contribution < 1.29 is 4.21 Å². The fourth-order valence-corrected chi connectivity index (χ4v) is 5.46. The Morgan fingerprint density at radius 1 is 1.33 bits per heavy atom. The third-order valence-corrected chi connectivity index (χ3v) is 6.45. The Kier molecular flexibility index (Phi) is 3.37. The molecule has 2 aliphatic carbocycles. The van der Waals surface area contributed by atoms with Gasteiger partial charge in [-0.3, -0.25) is 4.21 Å². The van der Waals surface area contributed by atoms with Crippen LogP contribution in [0.5, 0.6) is 0 Å². The maximum atomic E-state index is 12.4. The second kappa shape index (κ2) is 4.86. The van der Waals surface area contributed by atoms with Gasteiger partial charge in [0, 0.05) is 11.4 Å². The molecular weight excluding hydrogens is 266 g/mol. The normalized spacial score (nSPS) is 31.7. The van der Waals surface area contributed by atoms with Crippen LogP contribution in [-0.4, -0.2) is 9.96 Å². The molecule has 98 valence electrons. The SMILES string of the molecule is Nc1ccc(Cl)c(S(=O)CC2CC3CCC2C3)c1. The number of rotatable bonds is 3. The van der Waals surface area contributed by atoms with E-state index in [1.807, 2.05) is 0 Å². The molecule has 2 nitrogen and oxygen atoms in total. The average Bonchev–Trinajstić information content (AvgIpc) is 2.94. The van der Waals surface area contributed by atoms with E-state index in [-0.39, 0.29) is 0 Å². The predicted molar refractivity (Wildman–Crippen MR) is 76.1 cm³/mol. The van der Waals surface area contributed by atoms with Crippen LogP contribution >= 0.6 is 11.6 Å². The minimum absolute atomic E-state index is 0.575. The smallest absolute Gasteiger partial charge is 0.0594 e. The quantitative estimate of drug-likeness (QED) is 0.863. The highest BCUT2D eigenvalue weighted by atomic mass is 35.5. The van der Waals surface area contributed by atoms with Gasteiger partial charge in [-0.25, -0.2) is 0 Å². The molecule has 0 saturated heterocycles. The Morgan fingerprint density at radius 2 is 2.17 bits per heavy atom. The van der Waals surface area contributed by atoms with Gasteiger partial charge in [0.2, 0.25) is 0 Å². The van der Waals surface area contributed by atoms with Crippen molar-refractivity contribution >= 4 is 28.1 Å². The van der Waals surface area contributed by atoms with Crippen molar-refractivity contribution in [2.75, 3.05) is 11.5 Å². The largest absolute Gasteiger partial charge is 0.399 e. The molecular formula is C14H18ClNOS. The first-order valence-electron chi connectivity index (χ1n) is 6.57. The Morgan fingerprint density at radius 3 is 2.83 bits per heavy atom. The first-order chi connectivity index (χ1) is 8.63. The molecule has 0 amide bonds. The van der Waals surface area contributed by atoms with Gasteiger partial charge in [0.05, 0.1) is 20.7 Å². The number of halogens is 1. The average molecular weight is 284 g/mol. The standard InChI is InChI=1S/C14H18ClNOS/c15-13-4-3-12(16)7-14(13)18(17)8-11-6-9-1-2-10(11)5-9/h3-4,7,9-11H,1-2,5-6,8,16H2. The summed E-state index contributed by atoms with van der Waals surface area (Å²) in [5.74, 6) is 3.08. The highest BCUT2D eigenvalue weighted by molar-refractivity contribution is 7.85. The summed E-state index contributed by atoms with van der Waals surface area (Å²) in [7, 11) is -1.01. The predicted octanol–water partition coefficient (Wildman–Crippen LogP) is 3.47. The first-order valence-corrected chi connectivity index (χ1v) is 8.26. The summed E-state index contributed by atoms with van der Waals surface area (Å²) in [6, 6.07) is 5.25. The van der Waals surface area contributed by atoms with Gasteiger partial charge in [-0.15, -0.1) is 0 Å². The zero-order chi connectivity index (χ0) is 12.7. The lowest BCUT2D eigenvalue weighted by molar-refractivity contribution is 0.363. The lowest BCUT2D eigenvalue weighted by Gasteiger charge is -2.21. The first kappa shape index (κ1) is 12.5. The molecule has 0 radical (unpaired) electrons. The maximum absolute atomic E-state index is 12.4. The van der Waals surface area contributed by atoms with E-state index in [4.69, 9.17) is 17.3 Å². The van der Waals surface area contributed by atoms with Crippen LogP contribution in [0.2, 0.25) is 5.02 Å². The summed E-state index contributed by atoms with van der Waals surface area (Å²) in [6.45, 7) is 0. The molecule has 2 bridgehead atoms. The molecule has 4 unspecified atom stereocenters. The molecule has 2 fully saturated rings. The summed E-state index contributed by atoms with van der Waals surface area (Å²) in [6.07, 6.45) is 5.33. The molecule has 2 aliphatic rings. The summed E-state index contributed by atoms with van der Waals surface area (Å²) >= 11 is 6.11. The molecule has 0 aliphatic heterocycles. The van der Waals surface area contributed by atoms with Crippen LogP contribution in [0, 0.1) is 17.8 Å². The van der Waals surface area contributed by atoms with Crippen LogP contribution in [-0.2, 0) is 10.8 Å². The molecule has 0 heterocycles. The van der Waals surface area contributed by atoms with Crippen LogP contribution in [0.25, 0.3) is 0 Å². The number of nitrogens with two attached hydrogens (primary N) is 1. The number of hydrogen-bond acceptors (Lipinski definition) is 2. The molecule has 4 atom stereocenters. The Labute approximate surface area is 115 Å². The third-order valence-electron chi connectivity index (χ3n) is 4.45. The molecule has 2 saturated carbocycles. The van der Waals surface area contributed by atoms with Gasteiger partial charge in [0.25, 0.3) is 0 Å². The Bertz CT molecular complexity index is 491. The fourth-order valence-electron chi connectivity index (χ4n) is 3.56. The van der Waals surface area contributed by atoms with Gasteiger partial charge in [0.1, 0.15) is 0 Å². The van der Waals surface area contributed by atoms with Crippen LogP contribution < -0.4 is 5.73 Å². The number of anilines is 1. The molecule has 2 N–H and O–H groups in total. The summed E-state index contributed by atoms with van der Waals surface area (Å²) in [4.78, 5) is 0.708. The second-order valence-electron chi connectivity index (χ2n) is 5.64. The van der Waals surface area contributed by atoms with Crippen LogP contribution in [0.15, 0.2) is 23.1 Å². The zero-order valence-corrected chi connectivity index (χ0v) is 11.8. The molecule has 0 spiro atoms. The number of benzene rings is 1. The molecule has 4 heteroatoms. The topological polar surface area (TPSA) is 43.1 Å². The van der Waals surface area contributed by atoms with Crippen molar-refractivity contribution in [1.82, 2.24) is 0 Å². The van der Waals surface area contributed by atoms with Gasteiger partial charge in [-0.2, -0.15) is 0 Å². The summed E-state index contributed by atoms with van der Waals surface area (Å²) < 4.78 is 12.4. The number of fused-ring (bicyclic) bond motifs is 2. The van der Waals surface area contributed by atoms with Crippen molar-refractivity contribution in [3.8, 4) is 0 Å². The summed E-state index contributed by atoms with van der Waals surface area (Å²) in [5, 5.41) is 0.575. The van der Waals surface area contributed by atoms with Gasteiger partial charge in [-0.05, 0) is 55.2 Å². The van der Waals surface area contributed by atoms with E-state index in [0.29, 0.717) is 21.5 Å². The van der Waals surface area contributed by atoms with E-state index in [0.717, 1.165) is 17.6 Å². The lowest BCUT2D eigenvalue weighted by atomic mass is 9.90. The third kappa shape index (κ3) is 2.30. The van der Waals surface area contributed by atoms with Crippen LogP contribution in [0.3, 0.4) is 0 Å². The molecule has 3 rings (SSSR count). The molecule has 1 aromatic rings. The molecule has 0 aromatic heterocycles. The summed E-state index contributed by atoms with van der Waals surface area (Å²) in [5.41, 5.74) is 6.38. The minimum atomic E-state index is -1.01. The van der Waals surface area contributed by atoms with E-state index in [9.17, 15) is 4.21 Å². The Hall–Kier alpha value is -0.540. The van der Waals surface area contributed by atoms with Crippen molar-refractivity contribution in [3.63, 3.8) is 0 Å².